The maximum Gasteiger partial charge on any atom is 0.259 e. The highest BCUT2D eigenvalue weighted by Crippen LogP contribution is 2.39. The molecule has 0 radical (unpaired) electrons. The van der Waals surface area contributed by atoms with Crippen LogP contribution in [0.2, 0.25) is 0 Å². The molecule has 2 rings (SSSR count). The molecule has 0 heterocycles. The lowest BCUT2D eigenvalue weighted by molar-refractivity contribution is -0.124. The van der Waals surface area contributed by atoms with Gasteiger partial charge < -0.3 is 15.8 Å². The molecule has 1 atom stereocenters. The smallest absolute Gasteiger partial charge is 0.259 e. The molecule has 1 aromatic rings. The van der Waals surface area contributed by atoms with E-state index < -0.39 is 11.4 Å². The minimum atomic E-state index is -0.823. The maximum absolute atomic E-state index is 11.8. The number of nitrogens with zero attached hydrogens (tertiary/aromatic N) is 1. The van der Waals surface area contributed by atoms with Crippen molar-refractivity contribution in [3.8, 4) is 11.8 Å². The Morgan fingerprint density at radius 1 is 1.43 bits per heavy atom. The molecule has 0 aromatic heterocycles. The average molecular weight is 287 g/mol. The van der Waals surface area contributed by atoms with E-state index in [-0.39, 0.29) is 18.4 Å². The average Bonchev–Trinajstić information content (AvgIpc) is 3.30. The van der Waals surface area contributed by atoms with Crippen molar-refractivity contribution in [2.45, 2.75) is 25.3 Å². The Balaban J connectivity index is 1.86. The van der Waals surface area contributed by atoms with Gasteiger partial charge in [-0.25, -0.2) is 0 Å². The van der Waals surface area contributed by atoms with Crippen LogP contribution in [0.1, 0.15) is 30.1 Å². The highest BCUT2D eigenvalue weighted by molar-refractivity contribution is 5.92. The Bertz CT molecular complexity index is 587. The molecule has 1 fully saturated rings. The molecule has 6 heteroatoms. The molecule has 1 aliphatic rings. The minimum absolute atomic E-state index is 0.181. The first-order valence-corrected chi connectivity index (χ1v) is 6.69. The van der Waals surface area contributed by atoms with Crippen LogP contribution < -0.4 is 15.8 Å². The van der Waals surface area contributed by atoms with Crippen LogP contribution in [0.25, 0.3) is 0 Å². The fraction of sp³-hybridized carbons (Fsp3) is 0.400. The van der Waals surface area contributed by atoms with Gasteiger partial charge in [0.2, 0.25) is 5.91 Å². The molecule has 1 saturated carbocycles. The number of rotatable bonds is 6. The molecule has 1 aromatic carbocycles. The van der Waals surface area contributed by atoms with E-state index in [1.54, 1.807) is 19.1 Å². The van der Waals surface area contributed by atoms with Crippen molar-refractivity contribution in [1.82, 2.24) is 5.32 Å². The van der Waals surface area contributed by atoms with E-state index in [1.807, 2.05) is 0 Å². The van der Waals surface area contributed by atoms with Gasteiger partial charge >= 0.3 is 0 Å². The number of carbonyl (C=O) groups excluding carboxylic acids is 2. The Labute approximate surface area is 122 Å². The second-order valence-electron chi connectivity index (χ2n) is 5.31. The molecule has 0 bridgehead atoms. The van der Waals surface area contributed by atoms with Crippen molar-refractivity contribution in [1.29, 1.82) is 5.26 Å². The van der Waals surface area contributed by atoms with E-state index in [1.165, 1.54) is 12.1 Å². The van der Waals surface area contributed by atoms with Gasteiger partial charge in [-0.05, 0) is 49.9 Å². The lowest BCUT2D eigenvalue weighted by Gasteiger charge is -2.22. The Morgan fingerprint density at radius 3 is 2.52 bits per heavy atom. The van der Waals surface area contributed by atoms with E-state index >= 15 is 0 Å². The summed E-state index contributed by atoms with van der Waals surface area (Å²) in [5.41, 5.74) is 4.68. The largest absolute Gasteiger partial charge is 0.484 e. The van der Waals surface area contributed by atoms with Crippen LogP contribution in [-0.2, 0) is 4.79 Å². The second kappa shape index (κ2) is 5.83. The number of hydrogen-bond acceptors (Lipinski definition) is 4. The van der Waals surface area contributed by atoms with Gasteiger partial charge in [0.25, 0.3) is 5.91 Å². The summed E-state index contributed by atoms with van der Waals surface area (Å²) < 4.78 is 5.32. The van der Waals surface area contributed by atoms with Crippen LogP contribution in [0.5, 0.6) is 5.75 Å². The van der Waals surface area contributed by atoms with Crippen molar-refractivity contribution < 1.29 is 14.3 Å². The zero-order chi connectivity index (χ0) is 15.5. The number of nitrogens with two attached hydrogens (primary N) is 1. The summed E-state index contributed by atoms with van der Waals surface area (Å²) in [6, 6.07) is 8.34. The quantitative estimate of drug-likeness (QED) is 0.813. The number of primary amides is 1. The monoisotopic (exact) mass is 287 g/mol. The van der Waals surface area contributed by atoms with E-state index in [0.717, 1.165) is 12.8 Å². The number of nitriles is 1. The van der Waals surface area contributed by atoms with E-state index in [0.29, 0.717) is 11.3 Å². The molecule has 2 amide bonds. The van der Waals surface area contributed by atoms with Crippen LogP contribution in [0.4, 0.5) is 0 Å². The number of carbonyl (C=O) groups is 2. The summed E-state index contributed by atoms with van der Waals surface area (Å²) in [6.07, 6.45) is 1.92. The zero-order valence-corrected chi connectivity index (χ0v) is 11.8. The van der Waals surface area contributed by atoms with Crippen molar-refractivity contribution in [2.24, 2.45) is 11.7 Å². The van der Waals surface area contributed by atoms with E-state index in [2.05, 4.69) is 11.4 Å². The second-order valence-corrected chi connectivity index (χ2v) is 5.31. The molecule has 0 saturated heterocycles. The van der Waals surface area contributed by atoms with Gasteiger partial charge in [0.05, 0.1) is 6.07 Å². The maximum atomic E-state index is 11.8. The Hall–Kier alpha value is -2.55. The molecule has 21 heavy (non-hydrogen) atoms. The van der Waals surface area contributed by atoms with Gasteiger partial charge in [-0.3, -0.25) is 9.59 Å². The Morgan fingerprint density at radius 2 is 2.05 bits per heavy atom. The lowest BCUT2D eigenvalue weighted by Crippen LogP contribution is -2.48. The fourth-order valence-corrected chi connectivity index (χ4v) is 2.07. The first-order chi connectivity index (χ1) is 9.94. The summed E-state index contributed by atoms with van der Waals surface area (Å²) in [5, 5.41) is 11.9. The van der Waals surface area contributed by atoms with Gasteiger partial charge in [-0.1, -0.05) is 0 Å². The molecule has 0 spiro atoms. The van der Waals surface area contributed by atoms with Crippen molar-refractivity contribution in [3.63, 3.8) is 0 Å². The predicted octanol–water partition coefficient (Wildman–Crippen LogP) is 0.973. The summed E-state index contributed by atoms with van der Waals surface area (Å²) >= 11 is 0. The number of hydrogen-bond donors (Lipinski definition) is 2. The van der Waals surface area contributed by atoms with Gasteiger partial charge in [0, 0.05) is 5.56 Å². The molecule has 1 aliphatic carbocycles. The number of benzene rings is 1. The molecule has 0 unspecified atom stereocenters. The van der Waals surface area contributed by atoms with Gasteiger partial charge in [-0.15, -0.1) is 0 Å². The highest BCUT2D eigenvalue weighted by Gasteiger charge is 2.43. The SMILES string of the molecule is C[C@](C#N)(NC(=O)COc1ccc(C(N)=O)cc1)C1CC1. The summed E-state index contributed by atoms with van der Waals surface area (Å²) in [6.45, 7) is 1.55. The van der Waals surface area contributed by atoms with Crippen LogP contribution in [0.15, 0.2) is 24.3 Å². The van der Waals surface area contributed by atoms with E-state index in [9.17, 15) is 9.59 Å². The topological polar surface area (TPSA) is 105 Å². The number of ether oxygens (including phenoxy) is 1. The normalized spacial score (nSPS) is 16.4. The van der Waals surface area contributed by atoms with Crippen molar-refractivity contribution in [3.05, 3.63) is 29.8 Å². The standard InChI is InChI=1S/C15H17N3O3/c1-15(9-16,11-4-5-11)18-13(19)8-21-12-6-2-10(3-7-12)14(17)20/h2-3,6-7,11H,4-5,8H2,1H3,(H2,17,20)(H,18,19)/t15-/m1/s1. The third kappa shape index (κ3) is 3.72. The number of amides is 2. The van der Waals surface area contributed by atoms with Gasteiger partial charge in [0.1, 0.15) is 11.3 Å². The predicted molar refractivity (Wildman–Crippen MR) is 75.3 cm³/mol. The first-order valence-electron chi connectivity index (χ1n) is 6.69. The van der Waals surface area contributed by atoms with Crippen molar-refractivity contribution >= 4 is 11.8 Å². The third-order valence-electron chi connectivity index (χ3n) is 3.53. The number of nitrogens with one attached hydrogen (secondary N) is 1. The molecule has 0 aliphatic heterocycles. The van der Waals surface area contributed by atoms with Gasteiger partial charge in [-0.2, -0.15) is 5.26 Å². The minimum Gasteiger partial charge on any atom is -0.484 e. The molecule has 110 valence electrons. The third-order valence-corrected chi connectivity index (χ3v) is 3.53. The Kier molecular flexibility index (Phi) is 4.13. The molecule has 3 N–H and O–H groups in total. The zero-order valence-electron chi connectivity index (χ0n) is 11.8. The summed E-state index contributed by atoms with van der Waals surface area (Å²) in [4.78, 5) is 22.8. The van der Waals surface area contributed by atoms with Crippen LogP contribution in [0, 0.1) is 17.2 Å². The van der Waals surface area contributed by atoms with Gasteiger partial charge in [0.15, 0.2) is 6.61 Å². The van der Waals surface area contributed by atoms with Crippen LogP contribution in [-0.4, -0.2) is 24.0 Å². The summed E-state index contributed by atoms with van der Waals surface area (Å²) in [7, 11) is 0. The fourth-order valence-electron chi connectivity index (χ4n) is 2.07. The van der Waals surface area contributed by atoms with Crippen LogP contribution in [0.3, 0.4) is 0 Å². The highest BCUT2D eigenvalue weighted by atomic mass is 16.5. The lowest BCUT2D eigenvalue weighted by atomic mass is 9.98. The molecular formula is C15H17N3O3. The molecular weight excluding hydrogens is 270 g/mol. The molecule has 6 nitrogen and oxygen atoms in total. The van der Waals surface area contributed by atoms with Crippen LogP contribution >= 0.6 is 0 Å². The first kappa shape index (κ1) is 14.9. The van der Waals surface area contributed by atoms with E-state index in [4.69, 9.17) is 15.7 Å². The van der Waals surface area contributed by atoms with Crippen molar-refractivity contribution in [2.75, 3.05) is 6.61 Å². The summed E-state index contributed by atoms with van der Waals surface area (Å²) in [5.74, 6) is -0.181.